The first kappa shape index (κ1) is 12.2. The third-order valence-corrected chi connectivity index (χ3v) is 3.57. The Labute approximate surface area is 111 Å². The SMILES string of the molecule is Cc1ccc2oc(C(=O)N3CCC[C@H](O)C3)cc2c1. The largest absolute Gasteiger partial charge is 0.451 e. The number of rotatable bonds is 1. The van der Waals surface area contributed by atoms with Crippen LogP contribution in [0.1, 0.15) is 29.0 Å². The van der Waals surface area contributed by atoms with Crippen LogP contribution in [0.15, 0.2) is 28.7 Å². The van der Waals surface area contributed by atoms with E-state index in [4.69, 9.17) is 4.42 Å². The lowest BCUT2D eigenvalue weighted by molar-refractivity contribution is 0.0450. The molecule has 1 fully saturated rings. The van der Waals surface area contributed by atoms with E-state index in [1.807, 2.05) is 25.1 Å². The zero-order valence-corrected chi connectivity index (χ0v) is 10.9. The van der Waals surface area contributed by atoms with Crippen LogP contribution in [0, 0.1) is 6.92 Å². The zero-order valence-electron chi connectivity index (χ0n) is 10.9. The first-order valence-electron chi connectivity index (χ1n) is 6.61. The number of carbonyl (C=O) groups is 1. The van der Waals surface area contributed by atoms with Gasteiger partial charge >= 0.3 is 0 Å². The predicted molar refractivity (Wildman–Crippen MR) is 72.1 cm³/mol. The van der Waals surface area contributed by atoms with Crippen molar-refractivity contribution in [1.82, 2.24) is 4.90 Å². The van der Waals surface area contributed by atoms with Crippen molar-refractivity contribution in [2.75, 3.05) is 13.1 Å². The number of nitrogens with zero attached hydrogens (tertiary/aromatic N) is 1. The fourth-order valence-corrected chi connectivity index (χ4v) is 2.56. The molecule has 1 atom stereocenters. The quantitative estimate of drug-likeness (QED) is 0.855. The Bertz CT molecular complexity index is 617. The van der Waals surface area contributed by atoms with Crippen molar-refractivity contribution >= 4 is 16.9 Å². The lowest BCUT2D eigenvalue weighted by Crippen LogP contribution is -2.42. The van der Waals surface area contributed by atoms with Crippen molar-refractivity contribution < 1.29 is 14.3 Å². The number of furan rings is 1. The van der Waals surface area contributed by atoms with Gasteiger partial charge in [0.1, 0.15) is 5.58 Å². The molecule has 3 rings (SSSR count). The second kappa shape index (κ2) is 4.70. The molecule has 1 aromatic carbocycles. The third-order valence-electron chi connectivity index (χ3n) is 3.57. The number of carbonyl (C=O) groups excluding carboxylic acids is 1. The first-order valence-corrected chi connectivity index (χ1v) is 6.61. The van der Waals surface area contributed by atoms with Crippen LogP contribution in [-0.4, -0.2) is 35.1 Å². The maximum Gasteiger partial charge on any atom is 0.289 e. The Morgan fingerprint density at radius 3 is 3.05 bits per heavy atom. The minimum absolute atomic E-state index is 0.132. The topological polar surface area (TPSA) is 53.7 Å². The normalized spacial score (nSPS) is 19.9. The van der Waals surface area contributed by atoms with E-state index >= 15 is 0 Å². The molecule has 0 unspecified atom stereocenters. The lowest BCUT2D eigenvalue weighted by Gasteiger charge is -2.29. The summed E-state index contributed by atoms with van der Waals surface area (Å²) in [5, 5.41) is 10.6. The van der Waals surface area contributed by atoms with Gasteiger partial charge in [0, 0.05) is 18.5 Å². The van der Waals surface area contributed by atoms with E-state index in [2.05, 4.69) is 0 Å². The van der Waals surface area contributed by atoms with E-state index in [1.54, 1.807) is 11.0 Å². The molecule has 100 valence electrons. The van der Waals surface area contributed by atoms with Gasteiger partial charge in [0.2, 0.25) is 0 Å². The number of likely N-dealkylation sites (tertiary alicyclic amines) is 1. The molecule has 19 heavy (non-hydrogen) atoms. The highest BCUT2D eigenvalue weighted by Crippen LogP contribution is 2.22. The fourth-order valence-electron chi connectivity index (χ4n) is 2.56. The molecule has 0 radical (unpaired) electrons. The van der Waals surface area contributed by atoms with Gasteiger partial charge < -0.3 is 14.4 Å². The van der Waals surface area contributed by atoms with Gasteiger partial charge in [-0.15, -0.1) is 0 Å². The predicted octanol–water partition coefficient (Wildman–Crippen LogP) is 2.34. The molecule has 1 aliphatic heterocycles. The summed E-state index contributed by atoms with van der Waals surface area (Å²) in [6, 6.07) is 7.63. The standard InChI is InChI=1S/C15H17NO3/c1-10-4-5-13-11(7-10)8-14(19-13)15(18)16-6-2-3-12(17)9-16/h4-5,7-8,12,17H,2-3,6,9H2,1H3/t12-/m0/s1. The highest BCUT2D eigenvalue weighted by molar-refractivity contribution is 5.96. The van der Waals surface area contributed by atoms with Gasteiger partial charge in [-0.1, -0.05) is 11.6 Å². The Hall–Kier alpha value is -1.81. The minimum atomic E-state index is -0.413. The van der Waals surface area contributed by atoms with E-state index in [0.717, 1.165) is 29.4 Å². The number of hydrogen-bond donors (Lipinski definition) is 1. The molecule has 1 amide bonds. The Morgan fingerprint density at radius 1 is 1.42 bits per heavy atom. The number of piperidine rings is 1. The third kappa shape index (κ3) is 2.36. The summed E-state index contributed by atoms with van der Waals surface area (Å²) >= 11 is 0. The number of amides is 1. The molecule has 0 aliphatic carbocycles. The highest BCUT2D eigenvalue weighted by Gasteiger charge is 2.25. The number of aryl methyl sites for hydroxylation is 1. The van der Waals surface area contributed by atoms with Gasteiger partial charge in [-0.2, -0.15) is 0 Å². The number of fused-ring (bicyclic) bond motifs is 1. The van der Waals surface area contributed by atoms with Gasteiger partial charge in [-0.25, -0.2) is 0 Å². The van der Waals surface area contributed by atoms with Gasteiger partial charge in [0.05, 0.1) is 6.10 Å². The van der Waals surface area contributed by atoms with Crippen LogP contribution < -0.4 is 0 Å². The van der Waals surface area contributed by atoms with E-state index in [0.29, 0.717) is 18.8 Å². The molecule has 1 aromatic heterocycles. The van der Waals surface area contributed by atoms with E-state index < -0.39 is 6.10 Å². The van der Waals surface area contributed by atoms with Crippen LogP contribution in [0.25, 0.3) is 11.0 Å². The Balaban J connectivity index is 1.88. The molecule has 4 heteroatoms. The van der Waals surface area contributed by atoms with Crippen LogP contribution in [0.3, 0.4) is 0 Å². The summed E-state index contributed by atoms with van der Waals surface area (Å²) in [4.78, 5) is 14.0. The summed E-state index contributed by atoms with van der Waals surface area (Å²) < 4.78 is 5.60. The second-order valence-corrected chi connectivity index (χ2v) is 5.20. The molecular formula is C15H17NO3. The Kier molecular flexibility index (Phi) is 3.03. The summed E-state index contributed by atoms with van der Waals surface area (Å²) in [6.07, 6.45) is 1.19. The van der Waals surface area contributed by atoms with Gasteiger partial charge in [0.15, 0.2) is 5.76 Å². The Morgan fingerprint density at radius 2 is 2.26 bits per heavy atom. The van der Waals surface area contributed by atoms with Crippen molar-refractivity contribution in [2.45, 2.75) is 25.9 Å². The van der Waals surface area contributed by atoms with E-state index in [1.165, 1.54) is 0 Å². The highest BCUT2D eigenvalue weighted by atomic mass is 16.3. The van der Waals surface area contributed by atoms with Crippen molar-refractivity contribution in [1.29, 1.82) is 0 Å². The van der Waals surface area contributed by atoms with Crippen LogP contribution in [-0.2, 0) is 0 Å². The number of aliphatic hydroxyl groups is 1. The average molecular weight is 259 g/mol. The van der Waals surface area contributed by atoms with Gasteiger partial charge in [-0.05, 0) is 38.0 Å². The summed E-state index contributed by atoms with van der Waals surface area (Å²) in [5.41, 5.74) is 1.87. The van der Waals surface area contributed by atoms with Crippen LogP contribution >= 0.6 is 0 Å². The summed E-state index contributed by atoms with van der Waals surface area (Å²) in [6.45, 7) is 3.09. The molecule has 0 spiro atoms. The minimum Gasteiger partial charge on any atom is -0.451 e. The molecule has 2 aromatic rings. The van der Waals surface area contributed by atoms with Crippen molar-refractivity contribution in [2.24, 2.45) is 0 Å². The summed E-state index contributed by atoms with van der Waals surface area (Å²) in [7, 11) is 0. The van der Waals surface area contributed by atoms with Gasteiger partial charge in [-0.3, -0.25) is 4.79 Å². The number of hydrogen-bond acceptors (Lipinski definition) is 3. The molecule has 2 heterocycles. The van der Waals surface area contributed by atoms with Crippen molar-refractivity contribution in [3.63, 3.8) is 0 Å². The van der Waals surface area contributed by atoms with Crippen LogP contribution in [0.4, 0.5) is 0 Å². The maximum absolute atomic E-state index is 12.3. The average Bonchev–Trinajstić information content (AvgIpc) is 2.80. The van der Waals surface area contributed by atoms with E-state index in [-0.39, 0.29) is 5.91 Å². The molecule has 4 nitrogen and oxygen atoms in total. The van der Waals surface area contributed by atoms with Crippen LogP contribution in [0.5, 0.6) is 0 Å². The second-order valence-electron chi connectivity index (χ2n) is 5.20. The molecule has 1 saturated heterocycles. The zero-order chi connectivity index (χ0) is 13.4. The lowest BCUT2D eigenvalue weighted by atomic mass is 10.1. The molecular weight excluding hydrogens is 242 g/mol. The molecule has 0 bridgehead atoms. The maximum atomic E-state index is 12.3. The number of aliphatic hydroxyl groups excluding tert-OH is 1. The number of benzene rings is 1. The van der Waals surface area contributed by atoms with Gasteiger partial charge in [0.25, 0.3) is 5.91 Å². The fraction of sp³-hybridized carbons (Fsp3) is 0.400. The van der Waals surface area contributed by atoms with Crippen molar-refractivity contribution in [3.8, 4) is 0 Å². The van der Waals surface area contributed by atoms with Crippen molar-refractivity contribution in [3.05, 3.63) is 35.6 Å². The molecule has 0 saturated carbocycles. The van der Waals surface area contributed by atoms with E-state index in [9.17, 15) is 9.90 Å². The smallest absolute Gasteiger partial charge is 0.289 e. The summed E-state index contributed by atoms with van der Waals surface area (Å²) in [5.74, 6) is 0.224. The number of β-amino-alcohol motifs (C(OH)–C–C–N with tert-alkyl or cyclic N) is 1. The van der Waals surface area contributed by atoms with Crippen LogP contribution in [0.2, 0.25) is 0 Å². The monoisotopic (exact) mass is 259 g/mol. The first-order chi connectivity index (χ1) is 9.13. The molecule has 1 aliphatic rings. The molecule has 1 N–H and O–H groups in total.